The zero-order chi connectivity index (χ0) is 27.2. The van der Waals surface area contributed by atoms with Gasteiger partial charge in [0.1, 0.15) is 17.0 Å². The van der Waals surface area contributed by atoms with Gasteiger partial charge in [0.2, 0.25) is 0 Å². The summed E-state index contributed by atoms with van der Waals surface area (Å²) in [5.74, 6) is -0.100. The van der Waals surface area contributed by atoms with E-state index >= 15 is 0 Å². The van der Waals surface area contributed by atoms with Crippen LogP contribution in [0, 0.1) is 18.8 Å². The molecule has 4 rings (SSSR count). The predicted molar refractivity (Wildman–Crippen MR) is 139 cm³/mol. The summed E-state index contributed by atoms with van der Waals surface area (Å²) >= 11 is 0. The number of para-hydroxylation sites is 1. The van der Waals surface area contributed by atoms with Gasteiger partial charge in [-0.25, -0.2) is 4.79 Å². The Bertz CT molecular complexity index is 1240. The third-order valence-electron chi connectivity index (χ3n) is 7.48. The van der Waals surface area contributed by atoms with Crippen LogP contribution in [-0.2, 0) is 24.6 Å². The molecule has 2 aliphatic rings. The SMILES string of the molecule is COc1ccccc1C1(O)CC(OS(=O)(=O)c2ccc(C)cc2)CC2C(C)N(C(=O)OC(C)(C)C)CC21. The normalized spacial score (nSPS) is 28.0. The molecule has 2 fully saturated rings. The van der Waals surface area contributed by atoms with Crippen molar-refractivity contribution in [2.45, 2.75) is 75.7 Å². The van der Waals surface area contributed by atoms with Crippen molar-refractivity contribution < 1.29 is 32.0 Å². The first-order valence-electron chi connectivity index (χ1n) is 12.6. The largest absolute Gasteiger partial charge is 0.496 e. The number of hydrogen-bond donors (Lipinski definition) is 1. The van der Waals surface area contributed by atoms with Crippen LogP contribution in [0.5, 0.6) is 5.75 Å². The molecular weight excluding hydrogens is 494 g/mol. The molecule has 0 aromatic heterocycles. The number of rotatable bonds is 5. The molecule has 5 unspecified atom stereocenters. The number of ether oxygens (including phenoxy) is 2. The maximum Gasteiger partial charge on any atom is 0.410 e. The molecule has 2 aromatic carbocycles. The van der Waals surface area contributed by atoms with Gasteiger partial charge < -0.3 is 19.5 Å². The van der Waals surface area contributed by atoms with Gasteiger partial charge >= 0.3 is 6.09 Å². The summed E-state index contributed by atoms with van der Waals surface area (Å²) < 4.78 is 43.3. The lowest BCUT2D eigenvalue weighted by molar-refractivity contribution is -0.102. The highest BCUT2D eigenvalue weighted by molar-refractivity contribution is 7.86. The fourth-order valence-corrected chi connectivity index (χ4v) is 6.80. The van der Waals surface area contributed by atoms with E-state index in [1.165, 1.54) is 19.2 Å². The molecule has 5 atom stereocenters. The van der Waals surface area contributed by atoms with Crippen molar-refractivity contribution in [3.05, 3.63) is 59.7 Å². The fourth-order valence-electron chi connectivity index (χ4n) is 5.72. The summed E-state index contributed by atoms with van der Waals surface area (Å²) in [5, 5.41) is 12.3. The predicted octanol–water partition coefficient (Wildman–Crippen LogP) is 4.63. The number of hydrogen-bond acceptors (Lipinski definition) is 7. The van der Waals surface area contributed by atoms with Crippen molar-refractivity contribution in [3.8, 4) is 5.75 Å². The topological polar surface area (TPSA) is 102 Å². The van der Waals surface area contributed by atoms with Crippen LogP contribution in [0.2, 0.25) is 0 Å². The van der Waals surface area contributed by atoms with Crippen LogP contribution in [0.4, 0.5) is 4.79 Å². The summed E-state index contributed by atoms with van der Waals surface area (Å²) in [7, 11) is -2.54. The maximum atomic E-state index is 13.2. The Morgan fingerprint density at radius 3 is 2.38 bits per heavy atom. The number of nitrogens with zero attached hydrogens (tertiary/aromatic N) is 1. The molecule has 0 bridgehead atoms. The monoisotopic (exact) mass is 531 g/mol. The average molecular weight is 532 g/mol. The zero-order valence-corrected chi connectivity index (χ0v) is 23.1. The van der Waals surface area contributed by atoms with Crippen LogP contribution < -0.4 is 4.74 Å². The second-order valence-corrected chi connectivity index (χ2v) is 12.8. The first-order valence-corrected chi connectivity index (χ1v) is 14.0. The Morgan fingerprint density at radius 2 is 1.76 bits per heavy atom. The van der Waals surface area contributed by atoms with Gasteiger partial charge in [0.05, 0.1) is 18.1 Å². The van der Waals surface area contributed by atoms with Crippen LogP contribution in [0.1, 0.15) is 51.7 Å². The number of benzene rings is 2. The minimum atomic E-state index is -4.07. The molecule has 0 spiro atoms. The fraction of sp³-hybridized carbons (Fsp3) is 0.536. The molecule has 37 heavy (non-hydrogen) atoms. The molecule has 8 nitrogen and oxygen atoms in total. The van der Waals surface area contributed by atoms with E-state index in [4.69, 9.17) is 13.7 Å². The second kappa shape index (κ2) is 9.93. The summed E-state index contributed by atoms with van der Waals surface area (Å²) in [6.45, 7) is 9.49. The van der Waals surface area contributed by atoms with Crippen molar-refractivity contribution >= 4 is 16.2 Å². The van der Waals surface area contributed by atoms with Crippen molar-refractivity contribution in [1.29, 1.82) is 0 Å². The summed E-state index contributed by atoms with van der Waals surface area (Å²) in [6, 6.07) is 13.3. The molecule has 9 heteroatoms. The van der Waals surface area contributed by atoms with Gasteiger partial charge in [0.15, 0.2) is 0 Å². The Labute approximate surface area is 219 Å². The standard InChI is InChI=1S/C28H37NO7S/c1-18-11-13-21(14-12-18)37(32,33)36-20-15-22-19(2)29(26(30)35-27(3,4)5)17-24(22)28(31,16-20)23-9-7-8-10-25(23)34-6/h7-14,19-20,22,24,31H,15-17H2,1-6H3. The smallest absolute Gasteiger partial charge is 0.410 e. The maximum absolute atomic E-state index is 13.2. The van der Waals surface area contributed by atoms with E-state index in [-0.39, 0.29) is 35.7 Å². The minimum Gasteiger partial charge on any atom is -0.496 e. The molecule has 1 heterocycles. The van der Waals surface area contributed by atoms with Gasteiger partial charge in [-0.2, -0.15) is 8.42 Å². The number of aliphatic hydroxyl groups is 1. The van der Waals surface area contributed by atoms with Crippen LogP contribution in [-0.4, -0.2) is 55.9 Å². The lowest BCUT2D eigenvalue weighted by Gasteiger charge is -2.45. The van der Waals surface area contributed by atoms with Gasteiger partial charge in [0, 0.05) is 30.5 Å². The second-order valence-electron chi connectivity index (χ2n) is 11.2. The Morgan fingerprint density at radius 1 is 1.11 bits per heavy atom. The number of carbonyl (C=O) groups excluding carboxylic acids is 1. The lowest BCUT2D eigenvalue weighted by Crippen LogP contribution is -2.49. The van der Waals surface area contributed by atoms with Crippen molar-refractivity contribution in [2.24, 2.45) is 11.8 Å². The number of likely N-dealkylation sites (tertiary alicyclic amines) is 1. The third kappa shape index (κ3) is 5.49. The Hall–Kier alpha value is -2.62. The van der Waals surface area contributed by atoms with E-state index in [2.05, 4.69) is 0 Å². The number of fused-ring (bicyclic) bond motifs is 1. The van der Waals surface area contributed by atoms with Crippen LogP contribution >= 0.6 is 0 Å². The Balaban J connectivity index is 1.71. The van der Waals surface area contributed by atoms with Gasteiger partial charge in [-0.3, -0.25) is 4.18 Å². The lowest BCUT2D eigenvalue weighted by atomic mass is 9.65. The molecule has 1 amide bonds. The quantitative estimate of drug-likeness (QED) is 0.561. The molecule has 1 aliphatic heterocycles. The Kier molecular flexibility index (Phi) is 7.35. The summed E-state index contributed by atoms with van der Waals surface area (Å²) in [5.41, 5.74) is -0.676. The third-order valence-corrected chi connectivity index (χ3v) is 8.86. The van der Waals surface area contributed by atoms with Crippen molar-refractivity contribution in [1.82, 2.24) is 4.90 Å². The minimum absolute atomic E-state index is 0.0362. The van der Waals surface area contributed by atoms with E-state index in [9.17, 15) is 18.3 Å². The molecule has 2 aromatic rings. The highest BCUT2D eigenvalue weighted by atomic mass is 32.2. The highest BCUT2D eigenvalue weighted by Gasteiger charge is 2.58. The van der Waals surface area contributed by atoms with Crippen molar-refractivity contribution in [2.75, 3.05) is 13.7 Å². The summed E-state index contributed by atoms with van der Waals surface area (Å²) in [4.78, 5) is 14.8. The van der Waals surface area contributed by atoms with E-state index < -0.39 is 33.5 Å². The number of carbonyl (C=O) groups is 1. The molecule has 0 radical (unpaired) electrons. The van der Waals surface area contributed by atoms with Gasteiger partial charge in [0.25, 0.3) is 10.1 Å². The van der Waals surface area contributed by atoms with Gasteiger partial charge in [-0.05, 0) is 65.2 Å². The van der Waals surface area contributed by atoms with E-state index in [0.717, 1.165) is 5.56 Å². The van der Waals surface area contributed by atoms with Crippen LogP contribution in [0.25, 0.3) is 0 Å². The number of methoxy groups -OCH3 is 1. The molecule has 202 valence electrons. The molecule has 1 saturated carbocycles. The highest BCUT2D eigenvalue weighted by Crippen LogP contribution is 2.53. The first-order chi connectivity index (χ1) is 17.2. The number of amides is 1. The van der Waals surface area contributed by atoms with Gasteiger partial charge in [-0.1, -0.05) is 35.9 Å². The molecular formula is C28H37NO7S. The zero-order valence-electron chi connectivity index (χ0n) is 22.3. The van der Waals surface area contributed by atoms with Gasteiger partial charge in [-0.15, -0.1) is 0 Å². The van der Waals surface area contributed by atoms with Crippen LogP contribution in [0.3, 0.4) is 0 Å². The summed E-state index contributed by atoms with van der Waals surface area (Å²) in [6.07, 6.45) is -0.854. The van der Waals surface area contributed by atoms with Crippen LogP contribution in [0.15, 0.2) is 53.4 Å². The molecule has 1 aliphatic carbocycles. The van der Waals surface area contributed by atoms with E-state index in [1.54, 1.807) is 29.2 Å². The average Bonchev–Trinajstić information content (AvgIpc) is 3.15. The van der Waals surface area contributed by atoms with E-state index in [1.807, 2.05) is 46.8 Å². The van der Waals surface area contributed by atoms with E-state index in [0.29, 0.717) is 17.7 Å². The molecule has 1 N–H and O–H groups in total. The van der Waals surface area contributed by atoms with Crippen molar-refractivity contribution in [3.63, 3.8) is 0 Å². The first kappa shape index (κ1) is 27.4. The number of aryl methyl sites for hydroxylation is 1. The molecule has 1 saturated heterocycles.